The van der Waals surface area contributed by atoms with Gasteiger partial charge in [-0.15, -0.1) is 11.8 Å². The van der Waals surface area contributed by atoms with Crippen molar-refractivity contribution in [1.29, 1.82) is 0 Å². The maximum atomic E-state index is 11.6. The third kappa shape index (κ3) is 3.96. The van der Waals surface area contributed by atoms with E-state index in [0.717, 1.165) is 29.9 Å². The van der Waals surface area contributed by atoms with Crippen LogP contribution in [0.25, 0.3) is 0 Å². The summed E-state index contributed by atoms with van der Waals surface area (Å²) in [7, 11) is 1.90. The van der Waals surface area contributed by atoms with Gasteiger partial charge in [-0.2, -0.15) is 0 Å². The first-order chi connectivity index (χ1) is 10.5. The van der Waals surface area contributed by atoms with E-state index in [1.54, 1.807) is 18.7 Å². The van der Waals surface area contributed by atoms with Gasteiger partial charge in [0, 0.05) is 55.3 Å². The number of rotatable bonds is 5. The van der Waals surface area contributed by atoms with E-state index in [-0.39, 0.29) is 12.1 Å². The number of amides is 1. The van der Waals surface area contributed by atoms with E-state index in [2.05, 4.69) is 22.8 Å². The van der Waals surface area contributed by atoms with Gasteiger partial charge >= 0.3 is 0 Å². The maximum absolute atomic E-state index is 11.6. The molecule has 1 atom stereocenters. The van der Waals surface area contributed by atoms with Crippen molar-refractivity contribution in [2.75, 3.05) is 31.7 Å². The molecule has 1 unspecified atom stereocenters. The molecule has 1 aliphatic heterocycles. The Bertz CT molecular complexity index is 573. The summed E-state index contributed by atoms with van der Waals surface area (Å²) in [6, 6.07) is 8.16. The summed E-state index contributed by atoms with van der Waals surface area (Å²) in [6.07, 6.45) is 2.54. The zero-order chi connectivity index (χ0) is 16.1. The highest BCUT2D eigenvalue weighted by atomic mass is 32.2. The number of carbonyl (C=O) groups is 1. The molecule has 0 bridgehead atoms. The molecule has 0 radical (unpaired) electrons. The van der Waals surface area contributed by atoms with E-state index in [0.29, 0.717) is 6.54 Å². The van der Waals surface area contributed by atoms with Gasteiger partial charge in [0.15, 0.2) is 0 Å². The minimum absolute atomic E-state index is 0.0873. The Kier molecular flexibility index (Phi) is 5.74. The molecule has 0 aromatic heterocycles. The first-order valence-electron chi connectivity index (χ1n) is 7.36. The Morgan fingerprint density at radius 1 is 1.45 bits per heavy atom. The lowest BCUT2D eigenvalue weighted by Gasteiger charge is -2.33. The topological polar surface area (TPSA) is 70.4 Å². The highest BCUT2D eigenvalue weighted by molar-refractivity contribution is 7.98. The predicted molar refractivity (Wildman–Crippen MR) is 92.8 cm³/mol. The maximum Gasteiger partial charge on any atom is 0.219 e. The molecule has 1 aliphatic rings. The smallest absolute Gasteiger partial charge is 0.219 e. The monoisotopic (exact) mass is 320 g/mol. The number of carbonyl (C=O) groups excluding carboxylic acids is 1. The number of nitrogens with zero attached hydrogens (tertiary/aromatic N) is 1. The predicted octanol–water partition coefficient (Wildman–Crippen LogP) is 1.83. The van der Waals surface area contributed by atoms with Gasteiger partial charge in [-0.3, -0.25) is 4.79 Å². The molecule has 0 aliphatic carbocycles. The summed E-state index contributed by atoms with van der Waals surface area (Å²) < 4.78 is 0. The Hall–Kier alpha value is -1.66. The fourth-order valence-electron chi connectivity index (χ4n) is 2.61. The lowest BCUT2D eigenvalue weighted by atomic mass is 10.0. The molecule has 5 nitrogen and oxygen atoms in total. The van der Waals surface area contributed by atoms with Crippen LogP contribution in [0.1, 0.15) is 13.3 Å². The third-order valence-corrected chi connectivity index (χ3v) is 4.62. The third-order valence-electron chi connectivity index (χ3n) is 3.89. The summed E-state index contributed by atoms with van der Waals surface area (Å²) in [6.45, 7) is 2.91. The van der Waals surface area contributed by atoms with Crippen LogP contribution in [0.15, 0.2) is 40.4 Å². The normalized spacial score (nSPS) is 16.5. The highest BCUT2D eigenvalue weighted by Crippen LogP contribution is 2.22. The van der Waals surface area contributed by atoms with Gasteiger partial charge < -0.3 is 21.3 Å². The molecule has 6 heteroatoms. The molecule has 4 N–H and O–H groups in total. The van der Waals surface area contributed by atoms with E-state index in [9.17, 15) is 4.79 Å². The molecule has 0 fully saturated rings. The SMILES string of the molecule is CNC1=C(C(N)Nc2cccc(SC)c2)CN(C(C)=O)CC1. The van der Waals surface area contributed by atoms with Crippen molar-refractivity contribution < 1.29 is 4.79 Å². The van der Waals surface area contributed by atoms with Crippen LogP contribution in [0.5, 0.6) is 0 Å². The molecule has 2 rings (SSSR count). The summed E-state index contributed by atoms with van der Waals surface area (Å²) >= 11 is 1.70. The number of hydrogen-bond donors (Lipinski definition) is 3. The van der Waals surface area contributed by atoms with Crippen LogP contribution in [0.4, 0.5) is 5.69 Å². The van der Waals surface area contributed by atoms with Gasteiger partial charge in [0.25, 0.3) is 0 Å². The molecule has 0 saturated heterocycles. The van der Waals surface area contributed by atoms with Crippen LogP contribution in [0.3, 0.4) is 0 Å². The minimum atomic E-state index is -0.318. The zero-order valence-corrected chi connectivity index (χ0v) is 14.2. The van der Waals surface area contributed by atoms with Gasteiger partial charge in [0.1, 0.15) is 6.17 Å². The number of nitrogens with two attached hydrogens (primary N) is 1. The molecule has 1 aromatic carbocycles. The van der Waals surface area contributed by atoms with E-state index < -0.39 is 0 Å². The van der Waals surface area contributed by atoms with Crippen molar-refractivity contribution in [3.05, 3.63) is 35.5 Å². The molecular weight excluding hydrogens is 296 g/mol. The Morgan fingerprint density at radius 3 is 2.86 bits per heavy atom. The second-order valence-electron chi connectivity index (χ2n) is 5.30. The van der Waals surface area contributed by atoms with Gasteiger partial charge in [0.2, 0.25) is 5.91 Å². The second kappa shape index (κ2) is 7.56. The van der Waals surface area contributed by atoms with Crippen molar-refractivity contribution in [1.82, 2.24) is 10.2 Å². The van der Waals surface area contributed by atoms with Crippen LogP contribution < -0.4 is 16.4 Å². The van der Waals surface area contributed by atoms with Crippen molar-refractivity contribution in [3.63, 3.8) is 0 Å². The molecule has 0 spiro atoms. The fraction of sp³-hybridized carbons (Fsp3) is 0.438. The van der Waals surface area contributed by atoms with Crippen LogP contribution in [0.2, 0.25) is 0 Å². The average molecular weight is 320 g/mol. The van der Waals surface area contributed by atoms with Crippen LogP contribution in [0, 0.1) is 0 Å². The standard InChI is InChI=1S/C16H24N4OS/c1-11(21)20-8-7-15(18-2)14(10-20)16(17)19-12-5-4-6-13(9-12)22-3/h4-6,9,16,18-19H,7-8,10,17H2,1-3H3. The quantitative estimate of drug-likeness (QED) is 0.570. The van der Waals surface area contributed by atoms with Crippen molar-refractivity contribution in [2.45, 2.75) is 24.4 Å². The number of benzene rings is 1. The summed E-state index contributed by atoms with van der Waals surface area (Å²) in [5.74, 6) is 0.0873. The fourth-order valence-corrected chi connectivity index (χ4v) is 3.07. The Labute approximate surface area is 136 Å². The first kappa shape index (κ1) is 16.7. The van der Waals surface area contributed by atoms with Crippen molar-refractivity contribution >= 4 is 23.4 Å². The molecule has 120 valence electrons. The first-order valence-corrected chi connectivity index (χ1v) is 8.59. The molecule has 22 heavy (non-hydrogen) atoms. The lowest BCUT2D eigenvalue weighted by Crippen LogP contribution is -2.45. The van der Waals surface area contributed by atoms with Crippen LogP contribution in [-0.4, -0.2) is 43.4 Å². The number of anilines is 1. The van der Waals surface area contributed by atoms with Gasteiger partial charge in [0.05, 0.1) is 0 Å². The molecule has 1 heterocycles. The molecule has 0 saturated carbocycles. The summed E-state index contributed by atoms with van der Waals surface area (Å²) in [5, 5.41) is 6.56. The number of nitrogens with one attached hydrogen (secondary N) is 2. The largest absolute Gasteiger partial charge is 0.391 e. The molecule has 1 amide bonds. The second-order valence-corrected chi connectivity index (χ2v) is 6.18. The lowest BCUT2D eigenvalue weighted by molar-refractivity contribution is -0.128. The van der Waals surface area contributed by atoms with Crippen LogP contribution >= 0.6 is 11.8 Å². The zero-order valence-electron chi connectivity index (χ0n) is 13.3. The number of hydrogen-bond acceptors (Lipinski definition) is 5. The Balaban J connectivity index is 2.16. The van der Waals surface area contributed by atoms with Crippen LogP contribution in [-0.2, 0) is 4.79 Å². The van der Waals surface area contributed by atoms with Gasteiger partial charge in [-0.1, -0.05) is 6.07 Å². The molecular formula is C16H24N4OS. The summed E-state index contributed by atoms with van der Waals surface area (Å²) in [5.41, 5.74) is 9.50. The van der Waals surface area contributed by atoms with Gasteiger partial charge in [-0.05, 0) is 24.5 Å². The van der Waals surface area contributed by atoms with E-state index >= 15 is 0 Å². The number of thioether (sulfide) groups is 1. The molecule has 1 aromatic rings. The van der Waals surface area contributed by atoms with E-state index in [1.807, 2.05) is 30.3 Å². The minimum Gasteiger partial charge on any atom is -0.391 e. The summed E-state index contributed by atoms with van der Waals surface area (Å²) in [4.78, 5) is 14.6. The van der Waals surface area contributed by atoms with Crippen molar-refractivity contribution in [2.24, 2.45) is 5.73 Å². The van der Waals surface area contributed by atoms with E-state index in [1.165, 1.54) is 4.90 Å². The van der Waals surface area contributed by atoms with Gasteiger partial charge in [-0.25, -0.2) is 0 Å². The van der Waals surface area contributed by atoms with E-state index in [4.69, 9.17) is 5.73 Å². The Morgan fingerprint density at radius 2 is 2.23 bits per heavy atom. The highest BCUT2D eigenvalue weighted by Gasteiger charge is 2.24. The van der Waals surface area contributed by atoms with Crippen molar-refractivity contribution in [3.8, 4) is 0 Å². The average Bonchev–Trinajstić information content (AvgIpc) is 2.54.